The van der Waals surface area contributed by atoms with E-state index in [0.29, 0.717) is 50.0 Å². The molecule has 2 aromatic rings. The van der Waals surface area contributed by atoms with Gasteiger partial charge in [-0.25, -0.2) is 14.8 Å². The molecule has 2 aliphatic heterocycles. The van der Waals surface area contributed by atoms with E-state index in [1.54, 1.807) is 4.90 Å². The molecule has 0 spiro atoms. The minimum absolute atomic E-state index is 0.117. The van der Waals surface area contributed by atoms with Gasteiger partial charge in [-0.3, -0.25) is 0 Å². The molecule has 2 saturated heterocycles. The SMILES string of the molecule is CCON=Cc1c(N)ncnc1N1CCN(C(=O)Nc2ccc(N3CCOCC3)cc2)CC1. The maximum atomic E-state index is 12.8. The summed E-state index contributed by atoms with van der Waals surface area (Å²) in [6.45, 7) is 7.92. The molecule has 0 bridgehead atoms. The number of morpholine rings is 1. The molecule has 176 valence electrons. The van der Waals surface area contributed by atoms with Crippen LogP contribution in [0.2, 0.25) is 0 Å². The number of ether oxygens (including phenoxy) is 1. The summed E-state index contributed by atoms with van der Waals surface area (Å²) in [5.41, 5.74) is 8.55. The zero-order valence-corrected chi connectivity index (χ0v) is 18.8. The van der Waals surface area contributed by atoms with Crippen LogP contribution in [-0.4, -0.2) is 86.2 Å². The van der Waals surface area contributed by atoms with Crippen LogP contribution in [0.4, 0.5) is 27.8 Å². The monoisotopic (exact) mass is 454 g/mol. The lowest BCUT2D eigenvalue weighted by Crippen LogP contribution is -2.50. The van der Waals surface area contributed by atoms with E-state index in [1.165, 1.54) is 12.5 Å². The Labute approximate surface area is 193 Å². The molecule has 0 aliphatic carbocycles. The van der Waals surface area contributed by atoms with Gasteiger partial charge in [-0.1, -0.05) is 5.16 Å². The molecule has 0 atom stereocenters. The molecule has 1 aromatic heterocycles. The number of urea groups is 1. The minimum Gasteiger partial charge on any atom is -0.396 e. The number of carbonyl (C=O) groups excluding carboxylic acids is 1. The highest BCUT2D eigenvalue weighted by atomic mass is 16.6. The molecule has 0 saturated carbocycles. The van der Waals surface area contributed by atoms with Crippen LogP contribution in [0.25, 0.3) is 0 Å². The molecule has 1 aromatic carbocycles. The second kappa shape index (κ2) is 10.8. The molecule has 2 fully saturated rings. The van der Waals surface area contributed by atoms with Crippen LogP contribution in [0.15, 0.2) is 35.7 Å². The number of anilines is 4. The Morgan fingerprint density at radius 1 is 1.12 bits per heavy atom. The average molecular weight is 455 g/mol. The number of nitrogens with two attached hydrogens (primary N) is 1. The number of piperazine rings is 1. The summed E-state index contributed by atoms with van der Waals surface area (Å²) in [5, 5.41) is 6.90. The summed E-state index contributed by atoms with van der Waals surface area (Å²) >= 11 is 0. The summed E-state index contributed by atoms with van der Waals surface area (Å²) in [4.78, 5) is 32.4. The van der Waals surface area contributed by atoms with E-state index in [0.717, 1.165) is 37.7 Å². The third kappa shape index (κ3) is 5.61. The van der Waals surface area contributed by atoms with Gasteiger partial charge in [-0.15, -0.1) is 0 Å². The van der Waals surface area contributed by atoms with Crippen molar-refractivity contribution in [2.45, 2.75) is 6.92 Å². The lowest BCUT2D eigenvalue weighted by atomic mass is 10.2. The van der Waals surface area contributed by atoms with Crippen molar-refractivity contribution in [2.24, 2.45) is 5.16 Å². The zero-order valence-electron chi connectivity index (χ0n) is 18.8. The predicted molar refractivity (Wildman–Crippen MR) is 128 cm³/mol. The number of nitrogen functional groups attached to an aromatic ring is 1. The highest BCUT2D eigenvalue weighted by molar-refractivity contribution is 5.92. The number of hydrogen-bond donors (Lipinski definition) is 2. The van der Waals surface area contributed by atoms with Crippen molar-refractivity contribution in [2.75, 3.05) is 79.9 Å². The van der Waals surface area contributed by atoms with E-state index in [1.807, 2.05) is 31.2 Å². The van der Waals surface area contributed by atoms with Gasteiger partial charge in [-0.05, 0) is 31.2 Å². The van der Waals surface area contributed by atoms with E-state index in [2.05, 4.69) is 30.2 Å². The number of rotatable bonds is 6. The van der Waals surface area contributed by atoms with Crippen LogP contribution in [-0.2, 0) is 9.57 Å². The van der Waals surface area contributed by atoms with Crippen LogP contribution < -0.4 is 20.9 Å². The molecule has 0 unspecified atom stereocenters. The molecule has 3 N–H and O–H groups in total. The van der Waals surface area contributed by atoms with E-state index in [4.69, 9.17) is 15.3 Å². The molecule has 0 radical (unpaired) electrons. The zero-order chi connectivity index (χ0) is 23.0. The number of carbonyl (C=O) groups is 1. The molecular weight excluding hydrogens is 424 g/mol. The Balaban J connectivity index is 1.33. The Bertz CT molecular complexity index is 955. The molecule has 11 nitrogen and oxygen atoms in total. The van der Waals surface area contributed by atoms with Crippen molar-refractivity contribution in [3.8, 4) is 0 Å². The van der Waals surface area contributed by atoms with E-state index in [-0.39, 0.29) is 6.03 Å². The van der Waals surface area contributed by atoms with Gasteiger partial charge in [0.2, 0.25) is 0 Å². The number of benzene rings is 1. The highest BCUT2D eigenvalue weighted by Crippen LogP contribution is 2.22. The van der Waals surface area contributed by atoms with Crippen molar-refractivity contribution in [1.82, 2.24) is 14.9 Å². The Hall–Kier alpha value is -3.60. The lowest BCUT2D eigenvalue weighted by Gasteiger charge is -2.36. The maximum absolute atomic E-state index is 12.8. The smallest absolute Gasteiger partial charge is 0.321 e. The number of oxime groups is 1. The van der Waals surface area contributed by atoms with Crippen molar-refractivity contribution >= 4 is 35.3 Å². The van der Waals surface area contributed by atoms with Gasteiger partial charge in [0, 0.05) is 50.6 Å². The van der Waals surface area contributed by atoms with Gasteiger partial charge < -0.3 is 35.3 Å². The third-order valence-corrected chi connectivity index (χ3v) is 5.64. The molecule has 3 heterocycles. The fourth-order valence-electron chi connectivity index (χ4n) is 3.84. The first kappa shape index (κ1) is 22.6. The highest BCUT2D eigenvalue weighted by Gasteiger charge is 2.24. The summed E-state index contributed by atoms with van der Waals surface area (Å²) in [5.74, 6) is 1.02. The number of aromatic nitrogens is 2. The quantitative estimate of drug-likeness (QED) is 0.499. The third-order valence-electron chi connectivity index (χ3n) is 5.64. The first-order chi connectivity index (χ1) is 16.2. The van der Waals surface area contributed by atoms with E-state index < -0.39 is 0 Å². The number of amides is 2. The van der Waals surface area contributed by atoms with E-state index in [9.17, 15) is 4.79 Å². The van der Waals surface area contributed by atoms with E-state index >= 15 is 0 Å². The molecule has 11 heteroatoms. The Kier molecular flexibility index (Phi) is 7.40. The average Bonchev–Trinajstić information content (AvgIpc) is 2.86. The molecular formula is C22H30N8O3. The number of hydrogen-bond acceptors (Lipinski definition) is 9. The van der Waals surface area contributed by atoms with Crippen LogP contribution in [0.1, 0.15) is 12.5 Å². The van der Waals surface area contributed by atoms with Crippen molar-refractivity contribution in [3.05, 3.63) is 36.2 Å². The lowest BCUT2D eigenvalue weighted by molar-refractivity contribution is 0.122. The van der Waals surface area contributed by atoms with Crippen LogP contribution in [0, 0.1) is 0 Å². The van der Waals surface area contributed by atoms with Gasteiger partial charge in [-0.2, -0.15) is 0 Å². The first-order valence-electron chi connectivity index (χ1n) is 11.1. The van der Waals surface area contributed by atoms with Gasteiger partial charge in [0.15, 0.2) is 0 Å². The van der Waals surface area contributed by atoms with Gasteiger partial charge in [0.25, 0.3) is 0 Å². The topological polar surface area (TPSA) is 121 Å². The predicted octanol–water partition coefficient (Wildman–Crippen LogP) is 1.62. The van der Waals surface area contributed by atoms with Crippen molar-refractivity contribution in [3.63, 3.8) is 0 Å². The summed E-state index contributed by atoms with van der Waals surface area (Å²) < 4.78 is 5.40. The Morgan fingerprint density at radius 3 is 2.55 bits per heavy atom. The number of nitrogens with one attached hydrogen (secondary N) is 1. The molecule has 4 rings (SSSR count). The minimum atomic E-state index is -0.117. The summed E-state index contributed by atoms with van der Waals surface area (Å²) in [6, 6.07) is 7.82. The van der Waals surface area contributed by atoms with Crippen LogP contribution in [0.5, 0.6) is 0 Å². The fraction of sp³-hybridized carbons (Fsp3) is 0.455. The summed E-state index contributed by atoms with van der Waals surface area (Å²) in [7, 11) is 0. The fourth-order valence-corrected chi connectivity index (χ4v) is 3.84. The standard InChI is InChI=1S/C22H30N8O3/c1-2-33-26-15-19-20(23)24-16-25-21(19)29-7-9-30(10-8-29)22(31)27-17-3-5-18(6-4-17)28-11-13-32-14-12-28/h3-6,15-16H,2,7-14H2,1H3,(H,27,31)(H2,23,24,25). The Morgan fingerprint density at radius 2 is 1.85 bits per heavy atom. The van der Waals surface area contributed by atoms with Crippen LogP contribution in [0.3, 0.4) is 0 Å². The first-order valence-corrected chi connectivity index (χ1v) is 11.1. The second-order valence-electron chi connectivity index (χ2n) is 7.70. The molecule has 2 aliphatic rings. The van der Waals surface area contributed by atoms with Crippen molar-refractivity contribution < 1.29 is 14.4 Å². The number of nitrogens with zero attached hydrogens (tertiary/aromatic N) is 6. The van der Waals surface area contributed by atoms with Crippen LogP contribution >= 0.6 is 0 Å². The van der Waals surface area contributed by atoms with Gasteiger partial charge >= 0.3 is 6.03 Å². The largest absolute Gasteiger partial charge is 0.396 e. The van der Waals surface area contributed by atoms with Crippen molar-refractivity contribution in [1.29, 1.82) is 0 Å². The second-order valence-corrected chi connectivity index (χ2v) is 7.70. The maximum Gasteiger partial charge on any atom is 0.321 e. The van der Waals surface area contributed by atoms with Gasteiger partial charge in [0.1, 0.15) is 24.6 Å². The normalized spacial score (nSPS) is 16.8. The van der Waals surface area contributed by atoms with Gasteiger partial charge in [0.05, 0.1) is 25.0 Å². The molecule has 2 amide bonds. The molecule has 33 heavy (non-hydrogen) atoms. The summed E-state index contributed by atoms with van der Waals surface area (Å²) in [6.07, 6.45) is 2.97.